The van der Waals surface area contributed by atoms with E-state index in [2.05, 4.69) is 12.2 Å². The van der Waals surface area contributed by atoms with E-state index in [-0.39, 0.29) is 11.9 Å². The van der Waals surface area contributed by atoms with Crippen LogP contribution < -0.4 is 5.32 Å². The summed E-state index contributed by atoms with van der Waals surface area (Å²) in [6, 6.07) is 0. The average Bonchev–Trinajstić information content (AvgIpc) is 2.16. The highest BCUT2D eigenvalue weighted by Gasteiger charge is 2.10. The second-order valence-corrected chi connectivity index (χ2v) is 3.18. The number of hydrogen-bond donors (Lipinski definition) is 1. The first-order chi connectivity index (χ1) is 6.22. The van der Waals surface area contributed by atoms with Gasteiger partial charge in [-0.3, -0.25) is 4.79 Å². The molecule has 0 saturated heterocycles. The smallest absolute Gasteiger partial charge is 0.308 e. The maximum atomic E-state index is 11.2. The van der Waals surface area contributed by atoms with Gasteiger partial charge in [0.05, 0.1) is 12.5 Å². The van der Waals surface area contributed by atoms with Gasteiger partial charge in [0.25, 0.3) is 0 Å². The van der Waals surface area contributed by atoms with Gasteiger partial charge in [0.2, 0.25) is 0 Å². The first-order valence-electron chi connectivity index (χ1n) is 5.09. The Kier molecular flexibility index (Phi) is 7.69. The fourth-order valence-electron chi connectivity index (χ4n) is 0.856. The van der Waals surface area contributed by atoms with Crippen LogP contribution in [0.3, 0.4) is 0 Å². The Morgan fingerprint density at radius 2 is 2.15 bits per heavy atom. The van der Waals surface area contributed by atoms with E-state index in [1.54, 1.807) is 0 Å². The Hall–Kier alpha value is -0.570. The molecule has 0 heterocycles. The Morgan fingerprint density at radius 3 is 2.69 bits per heavy atom. The van der Waals surface area contributed by atoms with Crippen LogP contribution in [0.2, 0.25) is 0 Å². The Bertz CT molecular complexity index is 137. The van der Waals surface area contributed by atoms with Gasteiger partial charge in [0.1, 0.15) is 0 Å². The summed E-state index contributed by atoms with van der Waals surface area (Å²) in [5.41, 5.74) is 0. The molecule has 0 aromatic rings. The summed E-state index contributed by atoms with van der Waals surface area (Å²) >= 11 is 0. The number of hydrogen-bond acceptors (Lipinski definition) is 3. The van der Waals surface area contributed by atoms with Crippen molar-refractivity contribution in [1.82, 2.24) is 5.32 Å². The summed E-state index contributed by atoms with van der Waals surface area (Å²) in [7, 11) is 0. The molecule has 1 N–H and O–H groups in total. The summed E-state index contributed by atoms with van der Waals surface area (Å²) in [6.07, 6.45) is 1.75. The van der Waals surface area contributed by atoms with Crippen molar-refractivity contribution in [3.63, 3.8) is 0 Å². The van der Waals surface area contributed by atoms with Gasteiger partial charge >= 0.3 is 5.97 Å². The normalized spacial score (nSPS) is 12.5. The van der Waals surface area contributed by atoms with Crippen molar-refractivity contribution >= 4 is 5.97 Å². The predicted molar refractivity (Wildman–Crippen MR) is 53.6 cm³/mol. The van der Waals surface area contributed by atoms with Gasteiger partial charge in [-0.25, -0.2) is 0 Å². The molecular formula is C10H21NO2. The third-order valence-corrected chi connectivity index (χ3v) is 2.01. The second kappa shape index (κ2) is 8.05. The number of nitrogens with one attached hydrogen (secondary N) is 1. The van der Waals surface area contributed by atoms with Gasteiger partial charge in [-0.2, -0.15) is 0 Å². The molecule has 0 spiro atoms. The Morgan fingerprint density at radius 1 is 1.46 bits per heavy atom. The van der Waals surface area contributed by atoms with E-state index in [1.165, 1.54) is 0 Å². The van der Waals surface area contributed by atoms with Crippen LogP contribution in [0, 0.1) is 5.92 Å². The van der Waals surface area contributed by atoms with Crippen LogP contribution in [0.4, 0.5) is 0 Å². The highest BCUT2D eigenvalue weighted by molar-refractivity contribution is 5.71. The van der Waals surface area contributed by atoms with Crippen molar-refractivity contribution in [3.05, 3.63) is 0 Å². The van der Waals surface area contributed by atoms with E-state index < -0.39 is 0 Å². The minimum atomic E-state index is -0.0704. The molecular weight excluding hydrogens is 166 g/mol. The van der Waals surface area contributed by atoms with Crippen molar-refractivity contribution in [2.75, 3.05) is 19.7 Å². The third-order valence-electron chi connectivity index (χ3n) is 2.01. The quantitative estimate of drug-likeness (QED) is 0.485. The van der Waals surface area contributed by atoms with Crippen LogP contribution in [-0.4, -0.2) is 25.7 Å². The number of esters is 1. The predicted octanol–water partition coefficient (Wildman–Crippen LogP) is 1.58. The zero-order valence-electron chi connectivity index (χ0n) is 8.93. The molecule has 0 radical (unpaired) electrons. The standard InChI is InChI=1S/C10H21NO2/c1-4-9(3)10(12)13-8-6-7-11-5-2/h9,11H,4-8H2,1-3H3. The summed E-state index contributed by atoms with van der Waals surface area (Å²) < 4.78 is 5.06. The largest absolute Gasteiger partial charge is 0.465 e. The van der Waals surface area contributed by atoms with Gasteiger partial charge in [0.15, 0.2) is 0 Å². The SMILES string of the molecule is CCNCCCOC(=O)C(C)CC. The lowest BCUT2D eigenvalue weighted by Gasteiger charge is -2.08. The molecule has 78 valence electrons. The highest BCUT2D eigenvalue weighted by Crippen LogP contribution is 2.02. The van der Waals surface area contributed by atoms with E-state index in [4.69, 9.17) is 4.74 Å². The average molecular weight is 187 g/mol. The third kappa shape index (κ3) is 6.58. The zero-order chi connectivity index (χ0) is 10.1. The topological polar surface area (TPSA) is 38.3 Å². The number of carbonyl (C=O) groups excluding carboxylic acids is 1. The molecule has 0 amide bonds. The molecule has 0 aliphatic heterocycles. The number of rotatable bonds is 7. The molecule has 3 heteroatoms. The molecule has 0 aromatic heterocycles. The molecule has 0 aliphatic rings. The maximum Gasteiger partial charge on any atom is 0.308 e. The fraction of sp³-hybridized carbons (Fsp3) is 0.900. The van der Waals surface area contributed by atoms with Gasteiger partial charge in [-0.05, 0) is 25.9 Å². The van der Waals surface area contributed by atoms with Gasteiger partial charge in [0, 0.05) is 0 Å². The molecule has 0 rings (SSSR count). The van der Waals surface area contributed by atoms with Crippen LogP contribution in [0.25, 0.3) is 0 Å². The molecule has 1 atom stereocenters. The molecule has 0 aromatic carbocycles. The lowest BCUT2D eigenvalue weighted by Crippen LogP contribution is -2.19. The van der Waals surface area contributed by atoms with Crippen LogP contribution >= 0.6 is 0 Å². The summed E-state index contributed by atoms with van der Waals surface area (Å²) in [5, 5.41) is 3.17. The summed E-state index contributed by atoms with van der Waals surface area (Å²) in [6.45, 7) is 8.38. The van der Waals surface area contributed by atoms with E-state index in [0.29, 0.717) is 6.61 Å². The van der Waals surface area contributed by atoms with Crippen LogP contribution in [0.5, 0.6) is 0 Å². The summed E-state index contributed by atoms with van der Waals surface area (Å²) in [5.74, 6) is -0.0295. The van der Waals surface area contributed by atoms with Crippen molar-refractivity contribution in [1.29, 1.82) is 0 Å². The first-order valence-corrected chi connectivity index (χ1v) is 5.09. The molecule has 0 bridgehead atoms. The maximum absolute atomic E-state index is 11.2. The van der Waals surface area contributed by atoms with Crippen LogP contribution in [0.1, 0.15) is 33.6 Å². The van der Waals surface area contributed by atoms with Crippen LogP contribution in [-0.2, 0) is 9.53 Å². The molecule has 0 saturated carbocycles. The van der Waals surface area contributed by atoms with Crippen molar-refractivity contribution < 1.29 is 9.53 Å². The Balaban J connectivity index is 3.27. The number of ether oxygens (including phenoxy) is 1. The highest BCUT2D eigenvalue weighted by atomic mass is 16.5. The van der Waals surface area contributed by atoms with Crippen LogP contribution in [0.15, 0.2) is 0 Å². The fourth-order valence-corrected chi connectivity index (χ4v) is 0.856. The lowest BCUT2D eigenvalue weighted by atomic mass is 10.1. The summed E-state index contributed by atoms with van der Waals surface area (Å²) in [4.78, 5) is 11.2. The lowest BCUT2D eigenvalue weighted by molar-refractivity contribution is -0.148. The van der Waals surface area contributed by atoms with Gasteiger partial charge in [-0.15, -0.1) is 0 Å². The van der Waals surface area contributed by atoms with E-state index >= 15 is 0 Å². The van der Waals surface area contributed by atoms with Crippen molar-refractivity contribution in [2.45, 2.75) is 33.6 Å². The molecule has 1 unspecified atom stereocenters. The minimum Gasteiger partial charge on any atom is -0.465 e. The van der Waals surface area contributed by atoms with E-state index in [0.717, 1.165) is 25.9 Å². The van der Waals surface area contributed by atoms with Gasteiger partial charge in [-0.1, -0.05) is 20.8 Å². The monoisotopic (exact) mass is 187 g/mol. The van der Waals surface area contributed by atoms with Crippen molar-refractivity contribution in [2.24, 2.45) is 5.92 Å². The molecule has 0 fully saturated rings. The first kappa shape index (κ1) is 12.4. The molecule has 3 nitrogen and oxygen atoms in total. The van der Waals surface area contributed by atoms with E-state index in [1.807, 2.05) is 13.8 Å². The Labute approximate surface area is 80.8 Å². The number of carbonyl (C=O) groups is 1. The van der Waals surface area contributed by atoms with Crippen molar-refractivity contribution in [3.8, 4) is 0 Å². The minimum absolute atomic E-state index is 0.0409. The molecule has 0 aliphatic carbocycles. The second-order valence-electron chi connectivity index (χ2n) is 3.18. The zero-order valence-corrected chi connectivity index (χ0v) is 8.93. The van der Waals surface area contributed by atoms with E-state index in [9.17, 15) is 4.79 Å². The molecule has 13 heavy (non-hydrogen) atoms. The van der Waals surface area contributed by atoms with Gasteiger partial charge < -0.3 is 10.1 Å².